The predicted octanol–water partition coefficient (Wildman–Crippen LogP) is 4.54. The van der Waals surface area contributed by atoms with Gasteiger partial charge in [-0.2, -0.15) is 0 Å². The smallest absolute Gasteiger partial charge is 0.254 e. The first-order valence-electron chi connectivity index (χ1n) is 12.1. The summed E-state index contributed by atoms with van der Waals surface area (Å²) in [4.78, 5) is 30.4. The molecule has 2 amide bonds. The third kappa shape index (κ3) is 5.88. The van der Waals surface area contributed by atoms with E-state index in [-0.39, 0.29) is 17.6 Å². The van der Waals surface area contributed by atoms with Crippen molar-refractivity contribution in [1.29, 1.82) is 0 Å². The maximum Gasteiger partial charge on any atom is 0.254 e. The highest BCUT2D eigenvalue weighted by Crippen LogP contribution is 2.36. The average molecular weight is 469 g/mol. The fraction of sp³-hybridized carbons (Fsp3) is 0.481. The first-order chi connectivity index (χ1) is 16.5. The molecule has 0 bridgehead atoms. The lowest BCUT2D eigenvalue weighted by atomic mass is 9.77. The number of likely N-dealkylation sites (tertiary alicyclic amines) is 2. The van der Waals surface area contributed by atoms with Gasteiger partial charge in [-0.25, -0.2) is 4.39 Å². The van der Waals surface area contributed by atoms with Crippen molar-refractivity contribution in [1.82, 2.24) is 9.80 Å². The van der Waals surface area contributed by atoms with E-state index in [1.807, 2.05) is 15.9 Å². The molecule has 1 unspecified atom stereocenters. The van der Waals surface area contributed by atoms with Crippen molar-refractivity contribution in [2.75, 3.05) is 39.9 Å². The second kappa shape index (κ2) is 10.9. The van der Waals surface area contributed by atoms with Gasteiger partial charge < -0.3 is 19.3 Å². The third-order valence-electron chi connectivity index (χ3n) is 6.86. The number of hydrogen-bond acceptors (Lipinski definition) is 4. The Kier molecular flexibility index (Phi) is 7.70. The van der Waals surface area contributed by atoms with Gasteiger partial charge in [0.05, 0.1) is 13.7 Å². The van der Waals surface area contributed by atoms with Crippen molar-refractivity contribution in [3.63, 3.8) is 0 Å². The van der Waals surface area contributed by atoms with Gasteiger partial charge in [-0.3, -0.25) is 9.59 Å². The summed E-state index contributed by atoms with van der Waals surface area (Å²) < 4.78 is 24.7. The molecule has 0 saturated carbocycles. The fourth-order valence-corrected chi connectivity index (χ4v) is 4.98. The summed E-state index contributed by atoms with van der Waals surface area (Å²) in [6, 6.07) is 13.1. The Morgan fingerprint density at radius 1 is 0.941 bits per heavy atom. The van der Waals surface area contributed by atoms with Crippen LogP contribution in [0.1, 0.15) is 48.9 Å². The van der Waals surface area contributed by atoms with Crippen LogP contribution in [-0.4, -0.2) is 61.5 Å². The summed E-state index contributed by atoms with van der Waals surface area (Å²) in [6.45, 7) is 2.94. The highest BCUT2D eigenvalue weighted by molar-refractivity contribution is 5.94. The highest BCUT2D eigenvalue weighted by atomic mass is 19.1. The number of carbonyl (C=O) groups excluding carboxylic acids is 2. The van der Waals surface area contributed by atoms with Crippen LogP contribution >= 0.6 is 0 Å². The van der Waals surface area contributed by atoms with Crippen molar-refractivity contribution < 1.29 is 23.5 Å². The third-order valence-corrected chi connectivity index (χ3v) is 6.86. The molecule has 2 heterocycles. The van der Waals surface area contributed by atoms with Crippen LogP contribution in [0.4, 0.5) is 4.39 Å². The van der Waals surface area contributed by atoms with Crippen molar-refractivity contribution in [3.05, 3.63) is 59.9 Å². The Labute approximate surface area is 200 Å². The maximum atomic E-state index is 13.3. The molecule has 7 heteroatoms. The lowest BCUT2D eigenvalue weighted by molar-refractivity contribution is -0.136. The summed E-state index contributed by atoms with van der Waals surface area (Å²) in [7, 11) is 1.58. The van der Waals surface area contributed by atoms with Gasteiger partial charge in [-0.15, -0.1) is 0 Å². The lowest BCUT2D eigenvalue weighted by Gasteiger charge is -2.43. The highest BCUT2D eigenvalue weighted by Gasteiger charge is 2.41. The monoisotopic (exact) mass is 468 g/mol. The van der Waals surface area contributed by atoms with Crippen LogP contribution in [0, 0.1) is 11.2 Å². The number of methoxy groups -OCH3 is 1. The van der Waals surface area contributed by atoms with E-state index in [1.54, 1.807) is 37.4 Å². The molecule has 6 nitrogen and oxygen atoms in total. The molecule has 2 aromatic rings. The van der Waals surface area contributed by atoms with Crippen molar-refractivity contribution in [3.8, 4) is 11.5 Å². The van der Waals surface area contributed by atoms with E-state index < -0.39 is 5.41 Å². The Bertz CT molecular complexity index is 990. The Balaban J connectivity index is 1.53. The molecule has 2 aromatic carbocycles. The number of rotatable bonds is 7. The van der Waals surface area contributed by atoms with Gasteiger partial charge >= 0.3 is 0 Å². The van der Waals surface area contributed by atoms with Crippen LogP contribution in [0.3, 0.4) is 0 Å². The largest absolute Gasteiger partial charge is 0.497 e. The van der Waals surface area contributed by atoms with E-state index >= 15 is 0 Å². The number of hydrogen-bond donors (Lipinski definition) is 0. The SMILES string of the molecule is COc1cccc(C(=O)N2CCCC(COc3ccc(F)cc3)(CC(=O)N3CCCCC3)C2)c1. The minimum atomic E-state index is -0.504. The van der Waals surface area contributed by atoms with Gasteiger partial charge in [0.1, 0.15) is 17.3 Å². The van der Waals surface area contributed by atoms with E-state index in [1.165, 1.54) is 12.1 Å². The zero-order chi connectivity index (χ0) is 24.0. The summed E-state index contributed by atoms with van der Waals surface area (Å²) >= 11 is 0. The molecule has 0 radical (unpaired) electrons. The summed E-state index contributed by atoms with van der Waals surface area (Å²) in [5, 5.41) is 0. The predicted molar refractivity (Wildman–Crippen MR) is 128 cm³/mol. The van der Waals surface area contributed by atoms with Crippen LogP contribution < -0.4 is 9.47 Å². The molecule has 4 rings (SSSR count). The molecular weight excluding hydrogens is 435 g/mol. The Hall–Kier alpha value is -3.09. The molecule has 2 fully saturated rings. The number of ether oxygens (including phenoxy) is 2. The van der Waals surface area contributed by atoms with Gasteiger partial charge in [-0.05, 0) is 74.6 Å². The van der Waals surface area contributed by atoms with Gasteiger partial charge in [-0.1, -0.05) is 6.07 Å². The first kappa shape index (κ1) is 24.0. The Morgan fingerprint density at radius 3 is 2.41 bits per heavy atom. The van der Waals surface area contributed by atoms with Crippen LogP contribution in [-0.2, 0) is 4.79 Å². The molecule has 2 aliphatic heterocycles. The van der Waals surface area contributed by atoms with Gasteiger partial charge in [0.2, 0.25) is 5.91 Å². The van der Waals surface area contributed by atoms with Crippen LogP contribution in [0.15, 0.2) is 48.5 Å². The van der Waals surface area contributed by atoms with Crippen molar-refractivity contribution in [2.24, 2.45) is 5.41 Å². The van der Waals surface area contributed by atoms with Crippen molar-refractivity contribution >= 4 is 11.8 Å². The maximum absolute atomic E-state index is 13.3. The van der Waals surface area contributed by atoms with Gasteiger partial charge in [0.25, 0.3) is 5.91 Å². The molecule has 34 heavy (non-hydrogen) atoms. The molecule has 0 N–H and O–H groups in total. The number of amides is 2. The summed E-state index contributed by atoms with van der Waals surface area (Å²) in [6.07, 6.45) is 5.13. The van der Waals surface area contributed by atoms with Gasteiger partial charge in [0.15, 0.2) is 0 Å². The molecule has 2 aliphatic rings. The number of nitrogens with zero attached hydrogens (tertiary/aromatic N) is 2. The molecule has 182 valence electrons. The van der Waals surface area contributed by atoms with E-state index in [2.05, 4.69) is 0 Å². The number of halogens is 1. The second-order valence-electron chi connectivity index (χ2n) is 9.42. The zero-order valence-electron chi connectivity index (χ0n) is 19.8. The summed E-state index contributed by atoms with van der Waals surface area (Å²) in [5.41, 5.74) is 0.0624. The molecular formula is C27H33FN2O4. The molecule has 0 aromatic heterocycles. The molecule has 1 atom stereocenters. The minimum absolute atomic E-state index is 0.0739. The second-order valence-corrected chi connectivity index (χ2v) is 9.42. The van der Waals surface area contributed by atoms with E-state index in [0.29, 0.717) is 43.2 Å². The van der Waals surface area contributed by atoms with E-state index in [4.69, 9.17) is 9.47 Å². The summed E-state index contributed by atoms with van der Waals surface area (Å²) in [5.74, 6) is 0.916. The fourth-order valence-electron chi connectivity index (χ4n) is 4.98. The van der Waals surface area contributed by atoms with Crippen LogP contribution in [0.5, 0.6) is 11.5 Å². The standard InChI is InChI=1S/C27H33FN2O4/c1-33-24-8-5-7-21(17-24)26(32)30-16-6-13-27(19-30,18-25(31)29-14-3-2-4-15-29)20-34-23-11-9-22(28)10-12-23/h5,7-12,17H,2-4,6,13-16,18-20H2,1H3. The number of piperidine rings is 2. The van der Waals surface area contributed by atoms with Crippen LogP contribution in [0.25, 0.3) is 0 Å². The minimum Gasteiger partial charge on any atom is -0.497 e. The molecule has 2 saturated heterocycles. The Morgan fingerprint density at radius 2 is 1.68 bits per heavy atom. The number of benzene rings is 2. The van der Waals surface area contributed by atoms with Gasteiger partial charge in [0, 0.05) is 43.6 Å². The van der Waals surface area contributed by atoms with E-state index in [9.17, 15) is 14.0 Å². The number of carbonyl (C=O) groups is 2. The quantitative estimate of drug-likeness (QED) is 0.599. The molecule has 0 aliphatic carbocycles. The topological polar surface area (TPSA) is 59.1 Å². The lowest BCUT2D eigenvalue weighted by Crippen LogP contribution is -2.51. The zero-order valence-corrected chi connectivity index (χ0v) is 19.8. The van der Waals surface area contributed by atoms with Crippen molar-refractivity contribution in [2.45, 2.75) is 38.5 Å². The first-order valence-corrected chi connectivity index (χ1v) is 12.1. The van der Waals surface area contributed by atoms with E-state index in [0.717, 1.165) is 45.2 Å². The normalized spacial score (nSPS) is 20.6. The van der Waals surface area contributed by atoms with Crippen LogP contribution in [0.2, 0.25) is 0 Å². The molecule has 0 spiro atoms. The average Bonchev–Trinajstić information content (AvgIpc) is 2.88.